The molecular weight excluding hydrogens is 262 g/mol. The number of hydrogen-bond acceptors (Lipinski definition) is 4. The highest BCUT2D eigenvalue weighted by Crippen LogP contribution is 2.30. The van der Waals surface area contributed by atoms with Crippen LogP contribution in [-0.4, -0.2) is 44.8 Å². The van der Waals surface area contributed by atoms with E-state index in [0.29, 0.717) is 6.04 Å². The van der Waals surface area contributed by atoms with Gasteiger partial charge in [0.1, 0.15) is 12.7 Å². The van der Waals surface area contributed by atoms with E-state index in [4.69, 9.17) is 0 Å². The van der Waals surface area contributed by atoms with E-state index in [1.54, 1.807) is 12.7 Å². The topological polar surface area (TPSA) is 46.0 Å². The summed E-state index contributed by atoms with van der Waals surface area (Å²) >= 11 is 0. The molecule has 4 rings (SSSR count). The average molecular weight is 283 g/mol. The second-order valence-corrected chi connectivity index (χ2v) is 6.08. The molecule has 0 aliphatic carbocycles. The third-order valence-electron chi connectivity index (χ3n) is 4.72. The summed E-state index contributed by atoms with van der Waals surface area (Å²) in [6.45, 7) is 3.33. The van der Waals surface area contributed by atoms with E-state index in [1.165, 1.54) is 43.6 Å². The molecule has 5 heteroatoms. The van der Waals surface area contributed by atoms with Crippen molar-refractivity contribution in [3.05, 3.63) is 42.5 Å². The molecule has 0 bridgehead atoms. The van der Waals surface area contributed by atoms with Gasteiger partial charge in [-0.15, -0.1) is 0 Å². The summed E-state index contributed by atoms with van der Waals surface area (Å²) in [6.07, 6.45) is 7.30. The van der Waals surface area contributed by atoms with Crippen molar-refractivity contribution >= 4 is 5.69 Å². The van der Waals surface area contributed by atoms with Crippen LogP contribution in [0, 0.1) is 0 Å². The largest absolute Gasteiger partial charge is 0.381 e. The molecule has 3 heterocycles. The summed E-state index contributed by atoms with van der Waals surface area (Å²) in [4.78, 5) is 6.61. The van der Waals surface area contributed by atoms with Gasteiger partial charge in [-0.25, -0.2) is 9.67 Å². The lowest BCUT2D eigenvalue weighted by atomic mass is 10.1. The first-order valence-corrected chi connectivity index (χ1v) is 7.80. The van der Waals surface area contributed by atoms with Gasteiger partial charge >= 0.3 is 0 Å². The van der Waals surface area contributed by atoms with Crippen molar-refractivity contribution in [2.75, 3.05) is 18.4 Å². The molecule has 2 aromatic rings. The van der Waals surface area contributed by atoms with Crippen LogP contribution in [0.5, 0.6) is 0 Å². The number of rotatable bonds is 4. The molecule has 2 unspecified atom stereocenters. The summed E-state index contributed by atoms with van der Waals surface area (Å²) < 4.78 is 1.84. The first kappa shape index (κ1) is 12.8. The predicted molar refractivity (Wildman–Crippen MR) is 82.2 cm³/mol. The van der Waals surface area contributed by atoms with E-state index >= 15 is 0 Å². The first-order valence-electron chi connectivity index (χ1n) is 7.80. The minimum atomic E-state index is 0.619. The smallest absolute Gasteiger partial charge is 0.137 e. The Morgan fingerprint density at radius 3 is 2.86 bits per heavy atom. The monoisotopic (exact) mass is 283 g/mol. The molecule has 0 radical (unpaired) electrons. The zero-order chi connectivity index (χ0) is 14.1. The van der Waals surface area contributed by atoms with Gasteiger partial charge in [-0.05, 0) is 43.5 Å². The van der Waals surface area contributed by atoms with Crippen molar-refractivity contribution in [3.8, 4) is 0 Å². The van der Waals surface area contributed by atoms with Gasteiger partial charge in [-0.2, -0.15) is 5.10 Å². The van der Waals surface area contributed by atoms with Crippen LogP contribution in [0.15, 0.2) is 36.9 Å². The van der Waals surface area contributed by atoms with Crippen LogP contribution in [-0.2, 0) is 6.54 Å². The lowest BCUT2D eigenvalue weighted by Crippen LogP contribution is -2.33. The van der Waals surface area contributed by atoms with Crippen molar-refractivity contribution in [2.24, 2.45) is 0 Å². The van der Waals surface area contributed by atoms with Crippen LogP contribution < -0.4 is 5.32 Å². The van der Waals surface area contributed by atoms with Gasteiger partial charge in [-0.3, -0.25) is 4.90 Å². The Balaban J connectivity index is 1.40. The van der Waals surface area contributed by atoms with Crippen LogP contribution >= 0.6 is 0 Å². The lowest BCUT2D eigenvalue weighted by molar-refractivity contribution is 0.318. The second kappa shape index (κ2) is 5.48. The number of nitrogens with one attached hydrogen (secondary N) is 1. The number of aromatic nitrogens is 3. The summed E-state index contributed by atoms with van der Waals surface area (Å²) in [6, 6.07) is 10.1. The predicted octanol–water partition coefficient (Wildman–Crippen LogP) is 1.97. The molecule has 0 spiro atoms. The highest BCUT2D eigenvalue weighted by atomic mass is 15.3. The molecule has 2 fully saturated rings. The molecule has 2 aliphatic heterocycles. The molecule has 0 saturated carbocycles. The van der Waals surface area contributed by atoms with Crippen LogP contribution in [0.1, 0.15) is 24.8 Å². The summed E-state index contributed by atoms with van der Waals surface area (Å²) in [5.74, 6) is 0. The highest BCUT2D eigenvalue weighted by Gasteiger charge is 2.36. The Morgan fingerprint density at radius 1 is 1.14 bits per heavy atom. The van der Waals surface area contributed by atoms with Crippen molar-refractivity contribution in [2.45, 2.75) is 37.9 Å². The number of benzene rings is 1. The Kier molecular flexibility index (Phi) is 3.35. The maximum absolute atomic E-state index is 4.14. The zero-order valence-electron chi connectivity index (χ0n) is 12.2. The molecule has 5 nitrogen and oxygen atoms in total. The number of nitrogens with zero attached hydrogens (tertiary/aromatic N) is 4. The fourth-order valence-electron chi connectivity index (χ4n) is 3.67. The maximum atomic E-state index is 4.14. The summed E-state index contributed by atoms with van der Waals surface area (Å²) in [5.41, 5.74) is 2.48. The summed E-state index contributed by atoms with van der Waals surface area (Å²) in [7, 11) is 0. The van der Waals surface area contributed by atoms with Crippen molar-refractivity contribution in [1.29, 1.82) is 0 Å². The maximum Gasteiger partial charge on any atom is 0.137 e. The Morgan fingerprint density at radius 2 is 2.05 bits per heavy atom. The van der Waals surface area contributed by atoms with Crippen LogP contribution in [0.25, 0.3) is 0 Å². The molecule has 2 saturated heterocycles. The van der Waals surface area contributed by atoms with Crippen LogP contribution in [0.4, 0.5) is 5.69 Å². The van der Waals surface area contributed by atoms with Gasteiger partial charge in [0.2, 0.25) is 0 Å². The second-order valence-electron chi connectivity index (χ2n) is 6.08. The molecule has 0 amide bonds. The third-order valence-corrected chi connectivity index (χ3v) is 4.72. The highest BCUT2D eigenvalue weighted by molar-refractivity contribution is 5.46. The molecule has 1 aromatic heterocycles. The van der Waals surface area contributed by atoms with Crippen molar-refractivity contribution in [3.63, 3.8) is 0 Å². The van der Waals surface area contributed by atoms with Gasteiger partial charge in [0, 0.05) is 24.3 Å². The Hall–Kier alpha value is -1.88. The molecule has 1 aromatic carbocycles. The molecule has 2 aliphatic rings. The Labute approximate surface area is 125 Å². The minimum Gasteiger partial charge on any atom is -0.381 e. The normalized spacial score (nSPS) is 25.1. The fraction of sp³-hybridized carbons (Fsp3) is 0.500. The van der Waals surface area contributed by atoms with Gasteiger partial charge in [0.05, 0.1) is 6.54 Å². The van der Waals surface area contributed by atoms with E-state index in [0.717, 1.165) is 12.6 Å². The fourth-order valence-corrected chi connectivity index (χ4v) is 3.67. The lowest BCUT2D eigenvalue weighted by Gasteiger charge is -2.22. The van der Waals surface area contributed by atoms with Crippen LogP contribution in [0.3, 0.4) is 0 Å². The van der Waals surface area contributed by atoms with Crippen molar-refractivity contribution < 1.29 is 0 Å². The molecule has 2 atom stereocenters. The number of fused-ring (bicyclic) bond motifs is 1. The van der Waals surface area contributed by atoms with E-state index in [9.17, 15) is 0 Å². The first-order chi connectivity index (χ1) is 10.4. The minimum absolute atomic E-state index is 0.619. The van der Waals surface area contributed by atoms with E-state index < -0.39 is 0 Å². The van der Waals surface area contributed by atoms with Gasteiger partial charge < -0.3 is 5.32 Å². The van der Waals surface area contributed by atoms with E-state index in [1.807, 2.05) is 4.68 Å². The molecule has 21 heavy (non-hydrogen) atoms. The SMILES string of the molecule is c1ncn(Cc2ccc(NC3CCN4CCCC34)cc2)n1. The molecule has 1 N–H and O–H groups in total. The average Bonchev–Trinajstić information content (AvgIpc) is 3.21. The van der Waals surface area contributed by atoms with Gasteiger partial charge in [0.15, 0.2) is 0 Å². The third kappa shape index (κ3) is 2.65. The number of hydrogen-bond donors (Lipinski definition) is 1. The molecule has 110 valence electrons. The Bertz CT molecular complexity index is 577. The summed E-state index contributed by atoms with van der Waals surface area (Å²) in [5, 5.41) is 7.86. The van der Waals surface area contributed by atoms with Gasteiger partial charge in [-0.1, -0.05) is 12.1 Å². The van der Waals surface area contributed by atoms with Gasteiger partial charge in [0.25, 0.3) is 0 Å². The standard InChI is InChI=1S/C16H21N5/c1-2-16-15(7-9-20(16)8-1)19-14-5-3-13(4-6-14)10-21-12-17-11-18-21/h3-6,11-12,15-16,19H,1-2,7-10H2. The molecular formula is C16H21N5. The van der Waals surface area contributed by atoms with E-state index in [2.05, 4.69) is 44.6 Å². The van der Waals surface area contributed by atoms with Crippen molar-refractivity contribution in [1.82, 2.24) is 19.7 Å². The number of anilines is 1. The zero-order valence-corrected chi connectivity index (χ0v) is 12.2. The van der Waals surface area contributed by atoms with Crippen LogP contribution in [0.2, 0.25) is 0 Å². The van der Waals surface area contributed by atoms with E-state index in [-0.39, 0.29) is 0 Å². The quantitative estimate of drug-likeness (QED) is 0.932.